The van der Waals surface area contributed by atoms with E-state index in [9.17, 15) is 9.90 Å². The number of hydrogen-bond donors (Lipinski definition) is 2. The summed E-state index contributed by atoms with van der Waals surface area (Å²) in [5, 5.41) is 24.3. The van der Waals surface area contributed by atoms with E-state index in [2.05, 4.69) is 32.7 Å². The van der Waals surface area contributed by atoms with Crippen LogP contribution in [0.5, 0.6) is 0 Å². The van der Waals surface area contributed by atoms with Crippen molar-refractivity contribution in [2.24, 2.45) is 0 Å². The largest absolute Gasteiger partial charge is 0.386 e. The van der Waals surface area contributed by atoms with Gasteiger partial charge in [0.2, 0.25) is 5.91 Å². The highest BCUT2D eigenvalue weighted by atomic mass is 35.5. The Labute approximate surface area is 244 Å². The van der Waals surface area contributed by atoms with Gasteiger partial charge in [0, 0.05) is 25.9 Å². The summed E-state index contributed by atoms with van der Waals surface area (Å²) in [7, 11) is 0. The number of aromatic nitrogens is 3. The summed E-state index contributed by atoms with van der Waals surface area (Å²) in [5.74, 6) is -0.296. The van der Waals surface area contributed by atoms with Gasteiger partial charge in [0.15, 0.2) is 0 Å². The number of para-hydroxylation sites is 1. The highest BCUT2D eigenvalue weighted by Crippen LogP contribution is 2.38. The van der Waals surface area contributed by atoms with Crippen LogP contribution in [-0.2, 0) is 10.3 Å². The molecule has 1 aliphatic rings. The predicted octanol–water partition coefficient (Wildman–Crippen LogP) is 5.91. The van der Waals surface area contributed by atoms with Gasteiger partial charge in [0.1, 0.15) is 6.10 Å². The number of nitrogens with one attached hydrogen (secondary N) is 1. The van der Waals surface area contributed by atoms with E-state index in [-0.39, 0.29) is 17.4 Å². The van der Waals surface area contributed by atoms with Crippen LogP contribution in [-0.4, -0.2) is 50.5 Å². The van der Waals surface area contributed by atoms with Gasteiger partial charge in [-0.05, 0) is 61.2 Å². The quantitative estimate of drug-likeness (QED) is 0.258. The minimum Gasteiger partial charge on any atom is -0.386 e. The van der Waals surface area contributed by atoms with Crippen LogP contribution in [0.25, 0.3) is 5.69 Å². The van der Waals surface area contributed by atoms with Gasteiger partial charge in [0.05, 0.1) is 33.2 Å². The van der Waals surface area contributed by atoms with Crippen LogP contribution in [0.1, 0.15) is 55.0 Å². The summed E-state index contributed by atoms with van der Waals surface area (Å²) in [4.78, 5) is 14.5. The van der Waals surface area contributed by atoms with Gasteiger partial charge in [-0.25, -0.2) is 4.68 Å². The van der Waals surface area contributed by atoms with E-state index in [1.54, 1.807) is 23.9 Å². The number of rotatable bonds is 9. The van der Waals surface area contributed by atoms with Crippen molar-refractivity contribution in [3.05, 3.63) is 112 Å². The van der Waals surface area contributed by atoms with Crippen molar-refractivity contribution >= 4 is 29.1 Å². The standard InChI is InChI=1S/C31H33Cl2N5O2/c1-22(39)35-31(24-8-4-2-5-9-24)15-18-37(19-16-31)17-14-26(23-12-13-27(32)28(33)20-23)30(40)29-21-34-36-38(29)25-10-6-3-7-11-25/h2-13,20-21,26,30,40H,14-19H2,1H3,(H,35,39). The number of carbonyl (C=O) groups is 1. The molecule has 1 aliphatic heterocycles. The Hall–Kier alpha value is -3.23. The maximum atomic E-state index is 12.1. The molecule has 2 heterocycles. The second kappa shape index (κ2) is 12.5. The number of aliphatic hydroxyl groups excluding tert-OH is 1. The van der Waals surface area contributed by atoms with Crippen LogP contribution in [0, 0.1) is 0 Å². The van der Waals surface area contributed by atoms with E-state index in [1.807, 2.05) is 60.7 Å². The molecule has 3 aromatic carbocycles. The van der Waals surface area contributed by atoms with Gasteiger partial charge in [-0.1, -0.05) is 83.0 Å². The van der Waals surface area contributed by atoms with Gasteiger partial charge in [0.25, 0.3) is 0 Å². The average Bonchev–Trinajstić information content (AvgIpc) is 3.47. The minimum atomic E-state index is -0.875. The second-order valence-electron chi connectivity index (χ2n) is 10.4. The summed E-state index contributed by atoms with van der Waals surface area (Å²) in [6.45, 7) is 3.99. The average molecular weight is 579 g/mol. The molecule has 0 aliphatic carbocycles. The Balaban J connectivity index is 1.35. The van der Waals surface area contributed by atoms with Crippen LogP contribution in [0.15, 0.2) is 85.1 Å². The van der Waals surface area contributed by atoms with E-state index in [0.717, 1.165) is 49.3 Å². The topological polar surface area (TPSA) is 83.3 Å². The molecule has 40 heavy (non-hydrogen) atoms. The zero-order valence-electron chi connectivity index (χ0n) is 22.4. The number of halogens is 2. The lowest BCUT2D eigenvalue weighted by molar-refractivity contribution is -0.121. The van der Waals surface area contributed by atoms with E-state index < -0.39 is 6.10 Å². The molecular formula is C31H33Cl2N5O2. The molecule has 0 bridgehead atoms. The van der Waals surface area contributed by atoms with Crippen LogP contribution >= 0.6 is 23.2 Å². The number of nitrogens with zero attached hydrogens (tertiary/aromatic N) is 4. The van der Waals surface area contributed by atoms with E-state index in [1.165, 1.54) is 0 Å². The zero-order valence-corrected chi connectivity index (χ0v) is 23.9. The van der Waals surface area contributed by atoms with Gasteiger partial charge < -0.3 is 15.3 Å². The minimum absolute atomic E-state index is 0.0243. The van der Waals surface area contributed by atoms with Crippen LogP contribution in [0.2, 0.25) is 10.0 Å². The number of hydrogen-bond acceptors (Lipinski definition) is 5. The molecule has 208 valence electrons. The Morgan fingerprint density at radius 2 is 1.68 bits per heavy atom. The number of piperidine rings is 1. The molecule has 1 fully saturated rings. The first-order valence-corrected chi connectivity index (χ1v) is 14.3. The molecule has 1 aromatic heterocycles. The molecule has 1 saturated heterocycles. The molecule has 0 saturated carbocycles. The van der Waals surface area contributed by atoms with Crippen molar-refractivity contribution in [3.8, 4) is 5.69 Å². The Bertz CT molecular complexity index is 1420. The molecule has 0 radical (unpaired) electrons. The van der Waals surface area contributed by atoms with Crippen molar-refractivity contribution in [3.63, 3.8) is 0 Å². The third-order valence-electron chi connectivity index (χ3n) is 7.84. The molecular weight excluding hydrogens is 545 g/mol. The fourth-order valence-corrected chi connectivity index (χ4v) is 6.04. The Morgan fingerprint density at radius 3 is 2.33 bits per heavy atom. The fraction of sp³-hybridized carbons (Fsp3) is 0.323. The molecule has 5 rings (SSSR count). The lowest BCUT2D eigenvalue weighted by atomic mass is 9.80. The van der Waals surface area contributed by atoms with Crippen molar-refractivity contribution in [1.29, 1.82) is 0 Å². The first kappa shape index (κ1) is 28.3. The molecule has 1 amide bonds. The number of benzene rings is 3. The number of amides is 1. The molecule has 7 nitrogen and oxygen atoms in total. The third-order valence-corrected chi connectivity index (χ3v) is 8.58. The van der Waals surface area contributed by atoms with Gasteiger partial charge in [-0.2, -0.15) is 0 Å². The lowest BCUT2D eigenvalue weighted by Crippen LogP contribution is -2.52. The van der Waals surface area contributed by atoms with Crippen molar-refractivity contribution in [1.82, 2.24) is 25.2 Å². The van der Waals surface area contributed by atoms with Crippen molar-refractivity contribution in [2.75, 3.05) is 19.6 Å². The van der Waals surface area contributed by atoms with E-state index in [4.69, 9.17) is 23.2 Å². The second-order valence-corrected chi connectivity index (χ2v) is 11.2. The van der Waals surface area contributed by atoms with Gasteiger partial charge >= 0.3 is 0 Å². The molecule has 9 heteroatoms. The number of likely N-dealkylation sites (tertiary alicyclic amines) is 1. The van der Waals surface area contributed by atoms with Crippen molar-refractivity contribution in [2.45, 2.75) is 43.7 Å². The van der Waals surface area contributed by atoms with Crippen LogP contribution in [0.4, 0.5) is 0 Å². The summed E-state index contributed by atoms with van der Waals surface area (Å²) >= 11 is 12.6. The maximum absolute atomic E-state index is 12.1. The van der Waals surface area contributed by atoms with Crippen LogP contribution < -0.4 is 5.32 Å². The smallest absolute Gasteiger partial charge is 0.217 e. The van der Waals surface area contributed by atoms with Gasteiger partial charge in [-0.3, -0.25) is 4.79 Å². The Morgan fingerprint density at radius 1 is 1.00 bits per heavy atom. The monoisotopic (exact) mass is 577 g/mol. The summed E-state index contributed by atoms with van der Waals surface area (Å²) < 4.78 is 1.68. The summed E-state index contributed by atoms with van der Waals surface area (Å²) in [6.07, 6.45) is 3.03. The summed E-state index contributed by atoms with van der Waals surface area (Å²) in [6, 6.07) is 25.4. The molecule has 2 unspecified atom stereocenters. The van der Waals surface area contributed by atoms with Gasteiger partial charge in [-0.15, -0.1) is 5.10 Å². The SMILES string of the molecule is CC(=O)NC1(c2ccccc2)CCN(CCC(c2ccc(Cl)c(Cl)c2)C(O)c2cnnn2-c2ccccc2)CC1. The Kier molecular flexibility index (Phi) is 8.86. The third kappa shape index (κ3) is 6.23. The number of carbonyl (C=O) groups excluding carboxylic acids is 1. The molecule has 4 aromatic rings. The zero-order chi connectivity index (χ0) is 28.1. The fourth-order valence-electron chi connectivity index (χ4n) is 5.73. The first-order chi connectivity index (χ1) is 19.4. The highest BCUT2D eigenvalue weighted by Gasteiger charge is 2.37. The summed E-state index contributed by atoms with van der Waals surface area (Å²) in [5.41, 5.74) is 3.09. The van der Waals surface area contributed by atoms with Crippen molar-refractivity contribution < 1.29 is 9.90 Å². The normalized spacial score (nSPS) is 16.8. The lowest BCUT2D eigenvalue weighted by Gasteiger charge is -2.43. The van der Waals surface area contributed by atoms with E-state index in [0.29, 0.717) is 22.2 Å². The maximum Gasteiger partial charge on any atom is 0.217 e. The molecule has 2 N–H and O–H groups in total. The first-order valence-electron chi connectivity index (χ1n) is 13.5. The predicted molar refractivity (Wildman–Crippen MR) is 158 cm³/mol. The molecule has 0 spiro atoms. The molecule has 2 atom stereocenters. The van der Waals surface area contributed by atoms with Crippen LogP contribution in [0.3, 0.4) is 0 Å². The number of aliphatic hydroxyl groups is 1. The highest BCUT2D eigenvalue weighted by molar-refractivity contribution is 6.42. The van der Waals surface area contributed by atoms with E-state index >= 15 is 0 Å².